The van der Waals surface area contributed by atoms with Crippen molar-refractivity contribution >= 4 is 5.96 Å². The van der Waals surface area contributed by atoms with Gasteiger partial charge >= 0.3 is 0 Å². The van der Waals surface area contributed by atoms with E-state index in [1.54, 1.807) is 0 Å². The fourth-order valence-electron chi connectivity index (χ4n) is 0.122. The van der Waals surface area contributed by atoms with Crippen LogP contribution in [0.15, 0.2) is 5.10 Å². The van der Waals surface area contributed by atoms with Crippen LogP contribution in [0.1, 0.15) is 0 Å². The summed E-state index contributed by atoms with van der Waals surface area (Å²) in [6, 6.07) is 0. The van der Waals surface area contributed by atoms with Gasteiger partial charge in [-0.2, -0.15) is 0 Å². The summed E-state index contributed by atoms with van der Waals surface area (Å²) in [5, 5.41) is 25.0. The Kier molecular flexibility index (Phi) is 6.99. The zero-order chi connectivity index (χ0) is 10.1. The molecule has 0 amide bonds. The molecule has 0 rings (SSSR count). The average molecular weight is 182 g/mol. The number of nitrogens with two attached hydrogens (primary N) is 2. The van der Waals surface area contributed by atoms with E-state index in [1.165, 1.54) is 5.43 Å². The lowest BCUT2D eigenvalue weighted by Crippen LogP contribution is -2.36. The minimum atomic E-state index is -1.50. The van der Waals surface area contributed by atoms with Gasteiger partial charge in [0.2, 0.25) is 0 Å². The van der Waals surface area contributed by atoms with E-state index in [1.807, 2.05) is 0 Å². The van der Waals surface area contributed by atoms with Crippen molar-refractivity contribution in [1.82, 2.24) is 5.43 Å². The first-order chi connectivity index (χ1) is 5.40. The van der Waals surface area contributed by atoms with Gasteiger partial charge in [0.1, 0.15) is 0 Å². The minimum Gasteiger partial charge on any atom is -0.364 e. The molecular formula is CH6N6O5. The Morgan fingerprint density at radius 1 is 1.50 bits per heavy atom. The van der Waals surface area contributed by atoms with Crippen LogP contribution in [0.25, 0.3) is 0 Å². The van der Waals surface area contributed by atoms with E-state index in [9.17, 15) is 10.1 Å². The first-order valence-electron chi connectivity index (χ1n) is 2.17. The molecule has 0 fully saturated rings. The molecule has 0 aliphatic heterocycles. The van der Waals surface area contributed by atoms with Crippen LogP contribution in [0.3, 0.4) is 0 Å². The lowest BCUT2D eigenvalue weighted by atomic mass is 11.1. The number of rotatable bonds is 1. The van der Waals surface area contributed by atoms with Crippen LogP contribution in [-0.4, -0.2) is 21.3 Å². The standard InChI is InChI=1S/CH5N5O2.HNO3/c2-1(4-3)5-6(7)8;2-1(3)4/h3H2,(H3,2,4,5);(H,2,3,4). The number of hydrazone groups is 1. The van der Waals surface area contributed by atoms with Gasteiger partial charge in [0.25, 0.3) is 11.0 Å². The molecule has 6 N–H and O–H groups in total. The van der Waals surface area contributed by atoms with E-state index < -0.39 is 16.1 Å². The van der Waals surface area contributed by atoms with Crippen molar-refractivity contribution < 1.29 is 15.3 Å². The number of guanidine groups is 1. The summed E-state index contributed by atoms with van der Waals surface area (Å²) in [5.41, 5.74) is 6.26. The van der Waals surface area contributed by atoms with Crippen molar-refractivity contribution in [3.05, 3.63) is 20.2 Å². The zero-order valence-corrected chi connectivity index (χ0v) is 5.58. The fourth-order valence-corrected chi connectivity index (χ4v) is 0.122. The molecule has 0 saturated carbocycles. The summed E-state index contributed by atoms with van der Waals surface area (Å²) >= 11 is 0. The normalized spacial score (nSPS) is 9.17. The predicted octanol–water partition coefficient (Wildman–Crippen LogP) is -2.39. The highest BCUT2D eigenvalue weighted by Crippen LogP contribution is 1.54. The molecule has 0 atom stereocenters. The van der Waals surface area contributed by atoms with Gasteiger partial charge in [0.15, 0.2) is 5.03 Å². The van der Waals surface area contributed by atoms with Crippen molar-refractivity contribution in [2.24, 2.45) is 16.7 Å². The Morgan fingerprint density at radius 3 is 1.92 bits per heavy atom. The second kappa shape index (κ2) is 6.79. The summed E-state index contributed by atoms with van der Waals surface area (Å²) in [6.07, 6.45) is 0. The number of hydrazine groups is 1. The van der Waals surface area contributed by atoms with E-state index in [2.05, 4.69) is 10.9 Å². The first kappa shape index (κ1) is 12.4. The Balaban J connectivity index is 0. The van der Waals surface area contributed by atoms with Crippen LogP contribution in [0.2, 0.25) is 0 Å². The Morgan fingerprint density at radius 2 is 1.83 bits per heavy atom. The molecule has 0 radical (unpaired) electrons. The van der Waals surface area contributed by atoms with E-state index in [-0.39, 0.29) is 0 Å². The van der Waals surface area contributed by atoms with Gasteiger partial charge in [-0.25, -0.2) is 10.1 Å². The smallest absolute Gasteiger partial charge is 0.291 e. The maximum atomic E-state index is 9.45. The van der Waals surface area contributed by atoms with Crippen molar-refractivity contribution in [3.8, 4) is 0 Å². The maximum absolute atomic E-state index is 9.45. The molecule has 0 aliphatic rings. The van der Waals surface area contributed by atoms with Crippen LogP contribution in [0, 0.1) is 20.2 Å². The number of nitrogens with one attached hydrogen (secondary N) is 1. The van der Waals surface area contributed by atoms with Gasteiger partial charge < -0.3 is 16.8 Å². The van der Waals surface area contributed by atoms with Crippen molar-refractivity contribution in [1.29, 1.82) is 0 Å². The van der Waals surface area contributed by atoms with Crippen molar-refractivity contribution in [2.75, 3.05) is 0 Å². The Bertz CT molecular complexity index is 182. The summed E-state index contributed by atoms with van der Waals surface area (Å²) in [6.45, 7) is 0. The molecule has 11 nitrogen and oxygen atoms in total. The summed E-state index contributed by atoms with van der Waals surface area (Å²) < 4.78 is 0. The minimum absolute atomic E-state index is 0.421. The lowest BCUT2D eigenvalue weighted by molar-refractivity contribution is -0.742. The third-order valence-corrected chi connectivity index (χ3v) is 0.345. The molecule has 0 aliphatic carbocycles. The summed E-state index contributed by atoms with van der Waals surface area (Å²) in [7, 11) is 0. The van der Waals surface area contributed by atoms with Crippen LogP contribution in [0.5, 0.6) is 0 Å². The van der Waals surface area contributed by atoms with Gasteiger partial charge in [-0.1, -0.05) is 5.43 Å². The van der Waals surface area contributed by atoms with E-state index in [0.717, 1.165) is 0 Å². The summed E-state index contributed by atoms with van der Waals surface area (Å²) in [5.74, 6) is 4.10. The van der Waals surface area contributed by atoms with E-state index in [0.29, 0.717) is 0 Å². The zero-order valence-electron chi connectivity index (χ0n) is 5.58. The maximum Gasteiger partial charge on any atom is 0.291 e. The highest BCUT2D eigenvalue weighted by molar-refractivity contribution is 5.75. The van der Waals surface area contributed by atoms with E-state index in [4.69, 9.17) is 21.1 Å². The Hall–Kier alpha value is -2.33. The van der Waals surface area contributed by atoms with Gasteiger partial charge in [0, 0.05) is 0 Å². The highest BCUT2D eigenvalue weighted by Gasteiger charge is 1.94. The molecule has 0 unspecified atom stereocenters. The topological polar surface area (TPSA) is 183 Å². The quantitative estimate of drug-likeness (QED) is 0.114. The molecule has 0 aromatic heterocycles. The van der Waals surface area contributed by atoms with Crippen molar-refractivity contribution in [2.45, 2.75) is 0 Å². The SMILES string of the molecule is NN=C(N)N[N+](=O)[O-].O=[N+]([O-])O. The third-order valence-electron chi connectivity index (χ3n) is 0.345. The first-order valence-corrected chi connectivity index (χ1v) is 2.17. The van der Waals surface area contributed by atoms with Crippen LogP contribution in [0.4, 0.5) is 0 Å². The number of nitro groups is 1. The number of nitrogens with zero attached hydrogens (tertiary/aromatic N) is 3. The van der Waals surface area contributed by atoms with E-state index >= 15 is 0 Å². The predicted molar refractivity (Wildman–Crippen MR) is 34.7 cm³/mol. The van der Waals surface area contributed by atoms with Crippen LogP contribution in [-0.2, 0) is 0 Å². The summed E-state index contributed by atoms with van der Waals surface area (Å²) in [4.78, 5) is 17.8. The van der Waals surface area contributed by atoms with Gasteiger partial charge in [-0.05, 0) is 0 Å². The average Bonchev–Trinajstić information content (AvgIpc) is 1.84. The van der Waals surface area contributed by atoms with Gasteiger partial charge in [-0.3, -0.25) is 0 Å². The van der Waals surface area contributed by atoms with Crippen molar-refractivity contribution in [3.63, 3.8) is 0 Å². The molecule has 0 heterocycles. The Labute approximate surface area is 64.9 Å². The van der Waals surface area contributed by atoms with Crippen LogP contribution >= 0.6 is 0 Å². The third kappa shape index (κ3) is 25.3. The van der Waals surface area contributed by atoms with Gasteiger partial charge in [0.05, 0.1) is 0 Å². The largest absolute Gasteiger partial charge is 0.364 e. The molecule has 12 heavy (non-hydrogen) atoms. The second-order valence-electron chi connectivity index (χ2n) is 1.12. The second-order valence-corrected chi connectivity index (χ2v) is 1.12. The molecule has 0 aromatic rings. The van der Waals surface area contributed by atoms with Crippen LogP contribution < -0.4 is 17.0 Å². The molecule has 0 saturated heterocycles. The number of hydrogen-bond acceptors (Lipinski definition) is 6. The highest BCUT2D eigenvalue weighted by atomic mass is 16.9. The fraction of sp³-hybridized carbons (Fsp3) is 0. The molecular weight excluding hydrogens is 176 g/mol. The molecule has 70 valence electrons. The lowest BCUT2D eigenvalue weighted by Gasteiger charge is -1.89. The molecule has 11 heteroatoms. The van der Waals surface area contributed by atoms with Gasteiger partial charge in [-0.15, -0.1) is 15.2 Å². The molecule has 0 aromatic carbocycles. The molecule has 0 bridgehead atoms. The number of hydrogen-bond donors (Lipinski definition) is 4. The molecule has 0 spiro atoms. The monoisotopic (exact) mass is 182 g/mol.